The summed E-state index contributed by atoms with van der Waals surface area (Å²) in [6.45, 7) is 9.54. The average molecular weight is 271 g/mol. The Morgan fingerprint density at radius 3 is 2.30 bits per heavy atom. The number of likely N-dealkylation sites (N-methyl/N-ethyl adjacent to an activating group) is 1. The molecular weight excluding hydrogens is 246 g/mol. The molecule has 0 aliphatic heterocycles. The lowest BCUT2D eigenvalue weighted by molar-refractivity contribution is 0.511. The number of nitrogens with one attached hydrogen (secondary N) is 1. The SMILES string of the molecule is CCNC(Cc1ccc(C(C)C)cc1)c1coc(C)c1. The molecule has 2 aromatic rings. The predicted octanol–water partition coefficient (Wildman–Crippen LogP) is 4.60. The lowest BCUT2D eigenvalue weighted by Crippen LogP contribution is -2.22. The maximum absolute atomic E-state index is 5.44. The van der Waals surface area contributed by atoms with Crippen LogP contribution in [0.2, 0.25) is 0 Å². The van der Waals surface area contributed by atoms with Gasteiger partial charge in [-0.05, 0) is 43.0 Å². The van der Waals surface area contributed by atoms with Gasteiger partial charge in [-0.1, -0.05) is 45.0 Å². The minimum atomic E-state index is 0.322. The quantitative estimate of drug-likeness (QED) is 0.830. The molecule has 0 aliphatic carbocycles. The van der Waals surface area contributed by atoms with Gasteiger partial charge in [0.05, 0.1) is 6.26 Å². The van der Waals surface area contributed by atoms with E-state index in [0.717, 1.165) is 18.7 Å². The van der Waals surface area contributed by atoms with Gasteiger partial charge in [0.25, 0.3) is 0 Å². The van der Waals surface area contributed by atoms with E-state index in [1.807, 2.05) is 13.2 Å². The van der Waals surface area contributed by atoms with Crippen molar-refractivity contribution in [1.29, 1.82) is 0 Å². The van der Waals surface area contributed by atoms with E-state index in [2.05, 4.69) is 56.4 Å². The van der Waals surface area contributed by atoms with E-state index < -0.39 is 0 Å². The molecule has 0 radical (unpaired) electrons. The maximum Gasteiger partial charge on any atom is 0.101 e. The van der Waals surface area contributed by atoms with Crippen LogP contribution in [0.25, 0.3) is 0 Å². The van der Waals surface area contributed by atoms with Crippen molar-refractivity contribution in [1.82, 2.24) is 5.32 Å². The maximum atomic E-state index is 5.44. The van der Waals surface area contributed by atoms with E-state index >= 15 is 0 Å². The highest BCUT2D eigenvalue weighted by molar-refractivity contribution is 5.27. The topological polar surface area (TPSA) is 25.2 Å². The van der Waals surface area contributed by atoms with Gasteiger partial charge in [0, 0.05) is 11.6 Å². The van der Waals surface area contributed by atoms with E-state index in [1.54, 1.807) is 0 Å². The second kappa shape index (κ2) is 6.76. The summed E-state index contributed by atoms with van der Waals surface area (Å²) < 4.78 is 5.44. The fourth-order valence-corrected chi connectivity index (χ4v) is 2.48. The number of rotatable bonds is 6. The van der Waals surface area contributed by atoms with Gasteiger partial charge in [0.2, 0.25) is 0 Å². The van der Waals surface area contributed by atoms with Crippen LogP contribution < -0.4 is 5.32 Å². The molecule has 1 aromatic carbocycles. The number of hydrogen-bond donors (Lipinski definition) is 1. The van der Waals surface area contributed by atoms with Gasteiger partial charge < -0.3 is 9.73 Å². The minimum absolute atomic E-state index is 0.322. The average Bonchev–Trinajstić information content (AvgIpc) is 2.85. The van der Waals surface area contributed by atoms with E-state index in [1.165, 1.54) is 16.7 Å². The number of aryl methyl sites for hydroxylation is 1. The van der Waals surface area contributed by atoms with E-state index in [-0.39, 0.29) is 0 Å². The predicted molar refractivity (Wildman–Crippen MR) is 84.1 cm³/mol. The lowest BCUT2D eigenvalue weighted by atomic mass is 9.97. The van der Waals surface area contributed by atoms with Crippen molar-refractivity contribution in [3.05, 3.63) is 59.0 Å². The third-order valence-corrected chi connectivity index (χ3v) is 3.69. The summed E-state index contributed by atoms with van der Waals surface area (Å²) in [5, 5.41) is 3.54. The van der Waals surface area contributed by atoms with Crippen molar-refractivity contribution < 1.29 is 4.42 Å². The first-order valence-electron chi connectivity index (χ1n) is 7.47. The highest BCUT2D eigenvalue weighted by Crippen LogP contribution is 2.22. The Balaban J connectivity index is 2.11. The normalized spacial score (nSPS) is 12.8. The van der Waals surface area contributed by atoms with Crippen molar-refractivity contribution in [3.8, 4) is 0 Å². The van der Waals surface area contributed by atoms with Crippen molar-refractivity contribution >= 4 is 0 Å². The van der Waals surface area contributed by atoms with Crippen LogP contribution in [0.1, 0.15) is 55.2 Å². The third kappa shape index (κ3) is 3.73. The molecule has 0 bridgehead atoms. The zero-order valence-electron chi connectivity index (χ0n) is 12.9. The van der Waals surface area contributed by atoms with Crippen molar-refractivity contribution in [2.75, 3.05) is 6.54 Å². The Bertz CT molecular complexity index is 525. The summed E-state index contributed by atoms with van der Waals surface area (Å²) in [7, 11) is 0. The first-order chi connectivity index (χ1) is 9.60. The molecule has 0 fully saturated rings. The fourth-order valence-electron chi connectivity index (χ4n) is 2.48. The molecule has 2 rings (SSSR count). The molecule has 0 saturated carbocycles. The first kappa shape index (κ1) is 14.9. The highest BCUT2D eigenvalue weighted by Gasteiger charge is 2.13. The van der Waals surface area contributed by atoms with Crippen LogP contribution in [0.5, 0.6) is 0 Å². The molecule has 2 nitrogen and oxygen atoms in total. The number of hydrogen-bond acceptors (Lipinski definition) is 2. The Morgan fingerprint density at radius 1 is 1.10 bits per heavy atom. The third-order valence-electron chi connectivity index (χ3n) is 3.69. The smallest absolute Gasteiger partial charge is 0.101 e. The molecule has 2 heteroatoms. The van der Waals surface area contributed by atoms with Gasteiger partial charge in [-0.2, -0.15) is 0 Å². The summed E-state index contributed by atoms with van der Waals surface area (Å²) in [6.07, 6.45) is 2.86. The number of furan rings is 1. The molecule has 1 N–H and O–H groups in total. The first-order valence-corrected chi connectivity index (χ1v) is 7.47. The van der Waals surface area contributed by atoms with Crippen LogP contribution in [0.3, 0.4) is 0 Å². The molecule has 108 valence electrons. The van der Waals surface area contributed by atoms with Crippen LogP contribution in [-0.2, 0) is 6.42 Å². The Hall–Kier alpha value is -1.54. The molecule has 1 heterocycles. The molecule has 0 aliphatic rings. The van der Waals surface area contributed by atoms with Gasteiger partial charge in [-0.15, -0.1) is 0 Å². The summed E-state index contributed by atoms with van der Waals surface area (Å²) in [5.74, 6) is 1.56. The Labute approximate surface area is 122 Å². The standard InChI is InChI=1S/C18H25NO/c1-5-19-18(17-10-14(4)20-12-17)11-15-6-8-16(9-7-15)13(2)3/h6-10,12-13,18-19H,5,11H2,1-4H3. The van der Waals surface area contributed by atoms with E-state index in [9.17, 15) is 0 Å². The summed E-state index contributed by atoms with van der Waals surface area (Å²) in [6, 6.07) is 11.4. The largest absolute Gasteiger partial charge is 0.469 e. The fraction of sp³-hybridized carbons (Fsp3) is 0.444. The monoisotopic (exact) mass is 271 g/mol. The Morgan fingerprint density at radius 2 is 1.80 bits per heavy atom. The highest BCUT2D eigenvalue weighted by atomic mass is 16.3. The summed E-state index contributed by atoms with van der Waals surface area (Å²) in [5.41, 5.74) is 3.99. The molecule has 0 spiro atoms. The van der Waals surface area contributed by atoms with Crippen molar-refractivity contribution in [3.63, 3.8) is 0 Å². The molecule has 20 heavy (non-hydrogen) atoms. The van der Waals surface area contributed by atoms with Gasteiger partial charge in [0.15, 0.2) is 0 Å². The van der Waals surface area contributed by atoms with Crippen LogP contribution in [0.15, 0.2) is 41.0 Å². The van der Waals surface area contributed by atoms with Crippen molar-refractivity contribution in [2.24, 2.45) is 0 Å². The molecule has 1 aromatic heterocycles. The number of benzene rings is 1. The van der Waals surface area contributed by atoms with Gasteiger partial charge >= 0.3 is 0 Å². The van der Waals surface area contributed by atoms with Crippen LogP contribution >= 0.6 is 0 Å². The zero-order valence-corrected chi connectivity index (χ0v) is 12.9. The lowest BCUT2D eigenvalue weighted by Gasteiger charge is -2.17. The molecule has 0 amide bonds. The van der Waals surface area contributed by atoms with Gasteiger partial charge in [-0.25, -0.2) is 0 Å². The van der Waals surface area contributed by atoms with E-state index in [4.69, 9.17) is 4.42 Å². The second-order valence-corrected chi connectivity index (χ2v) is 5.70. The minimum Gasteiger partial charge on any atom is -0.469 e. The second-order valence-electron chi connectivity index (χ2n) is 5.70. The van der Waals surface area contributed by atoms with Crippen LogP contribution in [0.4, 0.5) is 0 Å². The van der Waals surface area contributed by atoms with Crippen molar-refractivity contribution in [2.45, 2.75) is 46.1 Å². The van der Waals surface area contributed by atoms with Crippen LogP contribution in [0, 0.1) is 6.92 Å². The van der Waals surface area contributed by atoms with Crippen LogP contribution in [-0.4, -0.2) is 6.54 Å². The van der Waals surface area contributed by atoms with E-state index in [0.29, 0.717) is 12.0 Å². The van der Waals surface area contributed by atoms with Gasteiger partial charge in [-0.3, -0.25) is 0 Å². The summed E-state index contributed by atoms with van der Waals surface area (Å²) in [4.78, 5) is 0. The molecule has 0 saturated heterocycles. The zero-order chi connectivity index (χ0) is 14.5. The molecule has 1 unspecified atom stereocenters. The Kier molecular flexibility index (Phi) is 5.02. The van der Waals surface area contributed by atoms with Gasteiger partial charge in [0.1, 0.15) is 5.76 Å². The molecule has 1 atom stereocenters. The summed E-state index contributed by atoms with van der Waals surface area (Å²) >= 11 is 0. The molecular formula is C18H25NO.